The molecular formula is C31H39NO5. The number of amides is 1. The van der Waals surface area contributed by atoms with Crippen molar-refractivity contribution in [2.24, 2.45) is 5.92 Å². The lowest BCUT2D eigenvalue weighted by atomic mass is 9.79. The number of nitrogens with zero attached hydrogens (tertiary/aromatic N) is 1. The van der Waals surface area contributed by atoms with Gasteiger partial charge in [0.15, 0.2) is 0 Å². The number of carbonyl (C=O) groups is 1. The second-order valence-corrected chi connectivity index (χ2v) is 10.9. The van der Waals surface area contributed by atoms with Crippen LogP contribution in [-0.2, 0) is 27.3 Å². The minimum Gasteiger partial charge on any atom is -0.444 e. The summed E-state index contributed by atoms with van der Waals surface area (Å²) in [6.07, 6.45) is 7.24. The summed E-state index contributed by atoms with van der Waals surface area (Å²) in [5, 5.41) is 9.64. The van der Waals surface area contributed by atoms with E-state index in [1.54, 1.807) is 4.90 Å². The van der Waals surface area contributed by atoms with Gasteiger partial charge in [-0.15, -0.1) is 0 Å². The van der Waals surface area contributed by atoms with Gasteiger partial charge in [0.25, 0.3) is 0 Å². The fraction of sp³-hybridized carbons (Fsp3) is 0.484. The number of benzene rings is 2. The van der Waals surface area contributed by atoms with Crippen LogP contribution in [0.4, 0.5) is 4.79 Å². The second-order valence-electron chi connectivity index (χ2n) is 10.9. The van der Waals surface area contributed by atoms with Crippen LogP contribution in [0.25, 0.3) is 11.1 Å². The highest BCUT2D eigenvalue weighted by molar-refractivity contribution is 5.98. The molecule has 198 valence electrons. The Morgan fingerprint density at radius 3 is 2.38 bits per heavy atom. The molecule has 0 saturated heterocycles. The Morgan fingerprint density at radius 2 is 1.73 bits per heavy atom. The van der Waals surface area contributed by atoms with Crippen molar-refractivity contribution in [2.75, 3.05) is 13.2 Å². The fourth-order valence-electron chi connectivity index (χ4n) is 5.52. The van der Waals surface area contributed by atoms with Gasteiger partial charge in [0, 0.05) is 13.1 Å². The molecule has 0 unspecified atom stereocenters. The highest BCUT2D eigenvalue weighted by Crippen LogP contribution is 2.47. The molecule has 1 N–H and O–H groups in total. The Balaban J connectivity index is 0.00000121. The van der Waals surface area contributed by atoms with Gasteiger partial charge in [-0.2, -0.15) is 9.59 Å². The lowest BCUT2D eigenvalue weighted by molar-refractivity contribution is -0.191. The molecule has 4 rings (SSSR count). The number of ether oxygens (including phenoxy) is 1. The molecule has 0 atom stereocenters. The summed E-state index contributed by atoms with van der Waals surface area (Å²) in [6, 6.07) is 15.4. The van der Waals surface area contributed by atoms with Crippen LogP contribution in [0.15, 0.2) is 42.5 Å². The van der Waals surface area contributed by atoms with Gasteiger partial charge >= 0.3 is 12.2 Å². The third-order valence-electron chi connectivity index (χ3n) is 6.98. The Kier molecular flexibility index (Phi) is 9.85. The van der Waals surface area contributed by atoms with Gasteiger partial charge in [-0.25, -0.2) is 4.79 Å². The molecule has 0 aromatic heterocycles. The van der Waals surface area contributed by atoms with E-state index in [1.807, 2.05) is 26.8 Å². The average molecular weight is 506 g/mol. The number of allylic oxidation sites excluding steroid dienone is 2. The number of hydrogen-bond acceptors (Lipinski definition) is 5. The van der Waals surface area contributed by atoms with Gasteiger partial charge < -0.3 is 14.7 Å². The molecule has 0 aliphatic heterocycles. The maximum absolute atomic E-state index is 12.9. The molecule has 1 amide bonds. The Hall–Kier alpha value is -3.21. The molecule has 2 aliphatic carbocycles. The Morgan fingerprint density at radius 1 is 1.05 bits per heavy atom. The largest absolute Gasteiger partial charge is 0.444 e. The third-order valence-corrected chi connectivity index (χ3v) is 6.98. The van der Waals surface area contributed by atoms with Crippen molar-refractivity contribution in [1.29, 1.82) is 0 Å². The predicted molar refractivity (Wildman–Crippen MR) is 143 cm³/mol. The zero-order valence-corrected chi connectivity index (χ0v) is 22.5. The van der Waals surface area contributed by atoms with E-state index in [1.165, 1.54) is 65.5 Å². The highest BCUT2D eigenvalue weighted by atomic mass is 16.6. The molecule has 0 bridgehead atoms. The molecule has 0 heterocycles. The first-order valence-electron chi connectivity index (χ1n) is 13.2. The number of aryl methyl sites for hydroxylation is 1. The third kappa shape index (κ3) is 7.41. The maximum Gasteiger partial charge on any atom is 0.410 e. The molecule has 0 spiro atoms. The van der Waals surface area contributed by atoms with Gasteiger partial charge in [-0.1, -0.05) is 67.3 Å². The summed E-state index contributed by atoms with van der Waals surface area (Å²) in [4.78, 5) is 30.8. The van der Waals surface area contributed by atoms with Gasteiger partial charge in [0.05, 0.1) is 6.61 Å². The van der Waals surface area contributed by atoms with Crippen LogP contribution in [-0.4, -0.2) is 41.0 Å². The number of hydrogen-bond donors (Lipinski definition) is 1. The fourth-order valence-corrected chi connectivity index (χ4v) is 5.52. The highest BCUT2D eigenvalue weighted by Gasteiger charge is 2.31. The molecular weight excluding hydrogens is 466 g/mol. The van der Waals surface area contributed by atoms with E-state index >= 15 is 0 Å². The van der Waals surface area contributed by atoms with Crippen LogP contribution in [0.5, 0.6) is 0 Å². The first-order valence-corrected chi connectivity index (χ1v) is 13.2. The van der Waals surface area contributed by atoms with Gasteiger partial charge in [0.2, 0.25) is 0 Å². The van der Waals surface area contributed by atoms with E-state index in [0.717, 1.165) is 12.0 Å². The Labute approximate surface area is 220 Å². The van der Waals surface area contributed by atoms with E-state index in [0.29, 0.717) is 12.5 Å². The quantitative estimate of drug-likeness (QED) is 0.506. The molecule has 6 nitrogen and oxygen atoms in total. The molecule has 1 fully saturated rings. The SMILES string of the molecule is Cc1ccc2c(c1)CC(c1ccccc1CN(CCO)C(=O)OC(C)(C)C)=C2C1CCCCC1.O=C=O. The van der Waals surface area contributed by atoms with Crippen LogP contribution in [0.2, 0.25) is 0 Å². The van der Waals surface area contributed by atoms with Crippen molar-refractivity contribution in [3.63, 3.8) is 0 Å². The standard InChI is InChI=1S/C30H39NO3.CO2/c1-21-14-15-26-24(18-21)19-27(28(26)22-10-6-5-7-11-22)25-13-9-8-12-23(25)20-31(16-17-32)29(33)34-30(2,3)4;2-1-3/h8-9,12-15,18,22,32H,5-7,10-11,16-17,19-20H2,1-4H3;. The molecule has 0 radical (unpaired) electrons. The van der Waals surface area contributed by atoms with Crippen LogP contribution < -0.4 is 0 Å². The molecule has 2 aromatic carbocycles. The summed E-state index contributed by atoms with van der Waals surface area (Å²) in [6.45, 7) is 8.35. The number of aliphatic hydroxyl groups is 1. The van der Waals surface area contributed by atoms with Crippen molar-refractivity contribution in [2.45, 2.75) is 78.4 Å². The predicted octanol–water partition coefficient (Wildman–Crippen LogP) is 6.19. The van der Waals surface area contributed by atoms with Gasteiger partial charge in [-0.3, -0.25) is 0 Å². The summed E-state index contributed by atoms with van der Waals surface area (Å²) >= 11 is 0. The molecule has 37 heavy (non-hydrogen) atoms. The van der Waals surface area contributed by atoms with Crippen molar-refractivity contribution in [1.82, 2.24) is 4.90 Å². The van der Waals surface area contributed by atoms with Gasteiger partial charge in [0.1, 0.15) is 5.60 Å². The zero-order valence-electron chi connectivity index (χ0n) is 22.5. The maximum atomic E-state index is 12.9. The zero-order chi connectivity index (χ0) is 27.0. The lowest BCUT2D eigenvalue weighted by Gasteiger charge is -2.28. The van der Waals surface area contributed by atoms with E-state index in [4.69, 9.17) is 14.3 Å². The number of carbonyl (C=O) groups excluding carboxylic acids is 3. The van der Waals surface area contributed by atoms with Crippen molar-refractivity contribution < 1.29 is 24.2 Å². The van der Waals surface area contributed by atoms with Crippen LogP contribution in [0.3, 0.4) is 0 Å². The van der Waals surface area contributed by atoms with E-state index in [2.05, 4.69) is 43.3 Å². The van der Waals surface area contributed by atoms with E-state index in [-0.39, 0.29) is 25.4 Å². The number of rotatable bonds is 6. The van der Waals surface area contributed by atoms with Crippen LogP contribution >= 0.6 is 0 Å². The van der Waals surface area contributed by atoms with Crippen LogP contribution in [0, 0.1) is 12.8 Å². The molecule has 2 aromatic rings. The van der Waals surface area contributed by atoms with Crippen LogP contribution in [0.1, 0.15) is 80.7 Å². The average Bonchev–Trinajstić information content (AvgIpc) is 3.22. The second kappa shape index (κ2) is 12.8. The van der Waals surface area contributed by atoms with Crippen molar-refractivity contribution in [3.05, 3.63) is 70.3 Å². The summed E-state index contributed by atoms with van der Waals surface area (Å²) in [5.41, 5.74) is 8.83. The molecule has 6 heteroatoms. The minimum atomic E-state index is -0.577. The number of fused-ring (bicyclic) bond motifs is 1. The Bertz CT molecular complexity index is 1150. The monoisotopic (exact) mass is 505 g/mol. The van der Waals surface area contributed by atoms with Crippen molar-refractivity contribution in [3.8, 4) is 0 Å². The first-order chi connectivity index (χ1) is 17.7. The minimum absolute atomic E-state index is 0.0951. The van der Waals surface area contributed by atoms with E-state index in [9.17, 15) is 9.90 Å². The van der Waals surface area contributed by atoms with Crippen molar-refractivity contribution >= 4 is 23.4 Å². The molecule has 2 aliphatic rings. The first kappa shape index (κ1) is 28.4. The topological polar surface area (TPSA) is 83.9 Å². The summed E-state index contributed by atoms with van der Waals surface area (Å²) in [5.74, 6) is 0.597. The lowest BCUT2D eigenvalue weighted by Crippen LogP contribution is -2.38. The summed E-state index contributed by atoms with van der Waals surface area (Å²) < 4.78 is 5.63. The number of aliphatic hydroxyl groups excluding tert-OH is 1. The van der Waals surface area contributed by atoms with E-state index < -0.39 is 5.60 Å². The van der Waals surface area contributed by atoms with Gasteiger partial charge in [-0.05, 0) is 86.3 Å². The smallest absolute Gasteiger partial charge is 0.410 e. The molecule has 1 saturated carbocycles. The summed E-state index contributed by atoms with van der Waals surface area (Å²) in [7, 11) is 0. The normalized spacial score (nSPS) is 15.4.